The number of thiocarbonyl (C=S) groups is 1. The molecule has 4 rings (SSSR count). The lowest BCUT2D eigenvalue weighted by Gasteiger charge is -2.37. The summed E-state index contributed by atoms with van der Waals surface area (Å²) < 4.78 is 10.9. The van der Waals surface area contributed by atoms with Gasteiger partial charge in [-0.05, 0) is 36.0 Å². The maximum absolute atomic E-state index is 5.59. The number of nitrogens with zero attached hydrogens (tertiary/aromatic N) is 5. The third-order valence-electron chi connectivity index (χ3n) is 5.16. The zero-order chi connectivity index (χ0) is 20.9. The molecule has 30 heavy (non-hydrogen) atoms. The quantitative estimate of drug-likeness (QED) is 0.621. The summed E-state index contributed by atoms with van der Waals surface area (Å²) in [4.78, 5) is 17.6. The monoisotopic (exact) mass is 424 g/mol. The van der Waals surface area contributed by atoms with Crippen LogP contribution in [0.2, 0.25) is 0 Å². The van der Waals surface area contributed by atoms with Crippen molar-refractivity contribution < 1.29 is 9.47 Å². The van der Waals surface area contributed by atoms with Crippen LogP contribution in [0.3, 0.4) is 0 Å². The van der Waals surface area contributed by atoms with E-state index in [2.05, 4.69) is 30.1 Å². The van der Waals surface area contributed by atoms with Crippen LogP contribution in [0.4, 0.5) is 5.82 Å². The second-order valence-corrected chi connectivity index (χ2v) is 7.28. The molecule has 3 aromatic rings. The highest BCUT2D eigenvalue weighted by Crippen LogP contribution is 2.37. The van der Waals surface area contributed by atoms with Crippen LogP contribution in [-0.2, 0) is 6.54 Å². The van der Waals surface area contributed by atoms with E-state index < -0.39 is 0 Å². The third kappa shape index (κ3) is 4.06. The van der Waals surface area contributed by atoms with Gasteiger partial charge in [-0.15, -0.1) is 0 Å². The average Bonchev–Trinajstić information content (AvgIpc) is 2.82. The Morgan fingerprint density at radius 1 is 1.10 bits per heavy atom. The molecule has 0 saturated carbocycles. The second kappa shape index (κ2) is 9.08. The number of nitrogens with one attached hydrogen (secondary N) is 1. The molecule has 156 valence electrons. The number of ether oxygens (including phenoxy) is 2. The first-order chi connectivity index (χ1) is 14.7. The molecule has 0 spiro atoms. The molecule has 1 aromatic carbocycles. The Bertz CT molecular complexity index is 1020. The molecule has 2 aromatic heterocycles. The first-order valence-corrected chi connectivity index (χ1v) is 10.1. The van der Waals surface area contributed by atoms with Crippen LogP contribution in [0.15, 0.2) is 43.0 Å². The third-order valence-corrected chi connectivity index (χ3v) is 5.56. The van der Waals surface area contributed by atoms with Crippen molar-refractivity contribution >= 4 is 34.1 Å². The van der Waals surface area contributed by atoms with Crippen molar-refractivity contribution in [3.05, 3.63) is 48.5 Å². The number of piperazine rings is 1. The van der Waals surface area contributed by atoms with Gasteiger partial charge in [0.2, 0.25) is 0 Å². The fourth-order valence-corrected chi connectivity index (χ4v) is 3.85. The molecule has 1 aliphatic heterocycles. The standard InChI is InChI=1S/C21H24N6O2S/c1-28-17-6-5-16-18(19(17)29-2)24-14-25-20(16)26-8-10-27(11-9-26)21(30)23-13-15-4-3-7-22-12-15/h3-7,12,14H,8-11,13H2,1-2H3,(H,23,30). The van der Waals surface area contributed by atoms with E-state index in [0.29, 0.717) is 18.0 Å². The van der Waals surface area contributed by atoms with Crippen LogP contribution in [0, 0.1) is 0 Å². The van der Waals surface area contributed by atoms with Crippen LogP contribution in [-0.4, -0.2) is 65.4 Å². The van der Waals surface area contributed by atoms with E-state index >= 15 is 0 Å². The molecule has 1 fully saturated rings. The van der Waals surface area contributed by atoms with Crippen LogP contribution >= 0.6 is 12.2 Å². The number of anilines is 1. The van der Waals surface area contributed by atoms with Crippen molar-refractivity contribution in [2.45, 2.75) is 6.54 Å². The molecular formula is C21H24N6O2S. The van der Waals surface area contributed by atoms with Crippen LogP contribution in [0.25, 0.3) is 10.9 Å². The van der Waals surface area contributed by atoms with Gasteiger partial charge in [0.05, 0.1) is 14.2 Å². The van der Waals surface area contributed by atoms with Gasteiger partial charge < -0.3 is 24.6 Å². The molecule has 1 aliphatic rings. The van der Waals surface area contributed by atoms with E-state index in [-0.39, 0.29) is 0 Å². The second-order valence-electron chi connectivity index (χ2n) is 6.89. The van der Waals surface area contributed by atoms with E-state index in [9.17, 15) is 0 Å². The van der Waals surface area contributed by atoms with Crippen molar-refractivity contribution in [2.24, 2.45) is 0 Å². The molecule has 0 amide bonds. The van der Waals surface area contributed by atoms with Gasteiger partial charge in [0, 0.05) is 50.5 Å². The number of benzene rings is 1. The minimum atomic E-state index is 0.623. The predicted molar refractivity (Wildman–Crippen MR) is 120 cm³/mol. The zero-order valence-corrected chi connectivity index (χ0v) is 17.9. The molecule has 0 atom stereocenters. The lowest BCUT2D eigenvalue weighted by molar-refractivity contribution is 0.358. The average molecular weight is 425 g/mol. The number of hydrogen-bond acceptors (Lipinski definition) is 7. The van der Waals surface area contributed by atoms with Gasteiger partial charge >= 0.3 is 0 Å². The lowest BCUT2D eigenvalue weighted by atomic mass is 10.2. The smallest absolute Gasteiger partial charge is 0.187 e. The maximum atomic E-state index is 5.59. The number of fused-ring (bicyclic) bond motifs is 1. The van der Waals surface area contributed by atoms with Gasteiger partial charge in [-0.25, -0.2) is 9.97 Å². The highest BCUT2D eigenvalue weighted by atomic mass is 32.1. The summed E-state index contributed by atoms with van der Waals surface area (Å²) in [6.07, 6.45) is 5.19. The van der Waals surface area contributed by atoms with Gasteiger partial charge in [-0.1, -0.05) is 6.07 Å². The Labute approximate surface area is 180 Å². The molecule has 0 unspecified atom stereocenters. The summed E-state index contributed by atoms with van der Waals surface area (Å²) in [7, 11) is 3.24. The highest BCUT2D eigenvalue weighted by molar-refractivity contribution is 7.80. The van der Waals surface area contributed by atoms with Crippen molar-refractivity contribution in [1.82, 2.24) is 25.2 Å². The molecule has 9 heteroatoms. The van der Waals surface area contributed by atoms with Gasteiger partial charge in [0.15, 0.2) is 16.6 Å². The first-order valence-electron chi connectivity index (χ1n) is 9.73. The Balaban J connectivity index is 1.44. The van der Waals surface area contributed by atoms with Crippen LogP contribution in [0.1, 0.15) is 5.56 Å². The van der Waals surface area contributed by atoms with Gasteiger partial charge in [0.25, 0.3) is 0 Å². The largest absolute Gasteiger partial charge is 0.493 e. The van der Waals surface area contributed by atoms with E-state index in [1.54, 1.807) is 26.7 Å². The topological polar surface area (TPSA) is 75.6 Å². The van der Waals surface area contributed by atoms with Crippen molar-refractivity contribution in [2.75, 3.05) is 45.3 Å². The number of rotatable bonds is 5. The molecule has 1 saturated heterocycles. The molecule has 0 aliphatic carbocycles. The molecule has 1 N–H and O–H groups in total. The van der Waals surface area contributed by atoms with Crippen molar-refractivity contribution in [3.8, 4) is 11.5 Å². The Morgan fingerprint density at radius 2 is 1.93 bits per heavy atom. The maximum Gasteiger partial charge on any atom is 0.187 e. The summed E-state index contributed by atoms with van der Waals surface area (Å²) in [5, 5.41) is 5.03. The van der Waals surface area contributed by atoms with E-state index in [1.807, 2.05) is 30.5 Å². The molecule has 0 radical (unpaired) electrons. The summed E-state index contributed by atoms with van der Waals surface area (Å²) in [5.41, 5.74) is 1.85. The number of hydrogen-bond donors (Lipinski definition) is 1. The zero-order valence-electron chi connectivity index (χ0n) is 17.0. The van der Waals surface area contributed by atoms with Crippen LogP contribution in [0.5, 0.6) is 11.5 Å². The van der Waals surface area contributed by atoms with E-state index in [0.717, 1.165) is 53.6 Å². The lowest BCUT2D eigenvalue weighted by Crippen LogP contribution is -2.51. The minimum absolute atomic E-state index is 0.623. The normalized spacial score (nSPS) is 13.9. The number of aromatic nitrogens is 3. The van der Waals surface area contributed by atoms with Gasteiger partial charge in [-0.2, -0.15) is 0 Å². The summed E-state index contributed by atoms with van der Waals surface area (Å²) >= 11 is 5.59. The Morgan fingerprint density at radius 3 is 2.63 bits per heavy atom. The van der Waals surface area contributed by atoms with E-state index in [1.165, 1.54) is 0 Å². The molecule has 3 heterocycles. The fourth-order valence-electron chi connectivity index (χ4n) is 3.60. The Kier molecular flexibility index (Phi) is 6.08. The number of methoxy groups -OCH3 is 2. The van der Waals surface area contributed by atoms with Crippen LogP contribution < -0.4 is 19.7 Å². The minimum Gasteiger partial charge on any atom is -0.493 e. The SMILES string of the molecule is COc1ccc2c(N3CCN(C(=S)NCc4cccnc4)CC3)ncnc2c1OC. The molecular weight excluding hydrogens is 400 g/mol. The fraction of sp³-hybridized carbons (Fsp3) is 0.333. The molecule has 0 bridgehead atoms. The summed E-state index contributed by atoms with van der Waals surface area (Å²) in [6, 6.07) is 7.83. The summed E-state index contributed by atoms with van der Waals surface area (Å²) in [5.74, 6) is 2.18. The Hall–Kier alpha value is -3.20. The summed E-state index contributed by atoms with van der Waals surface area (Å²) in [6.45, 7) is 3.94. The van der Waals surface area contributed by atoms with Crippen molar-refractivity contribution in [1.29, 1.82) is 0 Å². The molecule has 8 nitrogen and oxygen atoms in total. The predicted octanol–water partition coefficient (Wildman–Crippen LogP) is 2.24. The van der Waals surface area contributed by atoms with Gasteiger partial charge in [0.1, 0.15) is 17.7 Å². The van der Waals surface area contributed by atoms with Gasteiger partial charge in [-0.3, -0.25) is 4.98 Å². The highest BCUT2D eigenvalue weighted by Gasteiger charge is 2.23. The van der Waals surface area contributed by atoms with Crippen molar-refractivity contribution in [3.63, 3.8) is 0 Å². The van der Waals surface area contributed by atoms with E-state index in [4.69, 9.17) is 21.7 Å². The first kappa shape index (κ1) is 20.1. The number of pyridine rings is 1.